The fourth-order valence-corrected chi connectivity index (χ4v) is 3.63. The van der Waals surface area contributed by atoms with Crippen LogP contribution in [0.3, 0.4) is 0 Å². The maximum absolute atomic E-state index is 10.9. The van der Waals surface area contributed by atoms with Crippen LogP contribution in [0.4, 0.5) is 0 Å². The van der Waals surface area contributed by atoms with E-state index in [1.165, 1.54) is 23.1 Å². The first-order chi connectivity index (χ1) is 10.6. The summed E-state index contributed by atoms with van der Waals surface area (Å²) in [5, 5.41) is 10.9. The monoisotopic (exact) mass is 303 g/mol. The van der Waals surface area contributed by atoms with Crippen molar-refractivity contribution in [1.82, 2.24) is 4.90 Å². The molecule has 2 nitrogen and oxygen atoms in total. The lowest BCUT2D eigenvalue weighted by Gasteiger charge is -2.26. The van der Waals surface area contributed by atoms with Crippen molar-refractivity contribution in [2.24, 2.45) is 5.92 Å². The first kappa shape index (κ1) is 17.5. The summed E-state index contributed by atoms with van der Waals surface area (Å²) in [6.07, 6.45) is 4.29. The summed E-state index contributed by atoms with van der Waals surface area (Å²) in [5.74, 6) is 0.930. The molecular formula is C20H33NO. The third kappa shape index (κ3) is 4.11. The van der Waals surface area contributed by atoms with E-state index in [4.69, 9.17) is 0 Å². The number of fused-ring (bicyclic) bond motifs is 1. The van der Waals surface area contributed by atoms with Gasteiger partial charge in [-0.25, -0.2) is 0 Å². The highest BCUT2D eigenvalue weighted by Gasteiger charge is 2.26. The second-order valence-electron chi connectivity index (χ2n) is 7.03. The van der Waals surface area contributed by atoms with Crippen LogP contribution in [-0.2, 0) is 6.42 Å². The number of hydrogen-bond acceptors (Lipinski definition) is 2. The van der Waals surface area contributed by atoms with E-state index in [0.29, 0.717) is 11.8 Å². The number of rotatable bonds is 6. The number of hydrogen-bond donors (Lipinski definition) is 1. The van der Waals surface area contributed by atoms with E-state index < -0.39 is 0 Å². The quantitative estimate of drug-likeness (QED) is 0.781. The van der Waals surface area contributed by atoms with E-state index in [0.717, 1.165) is 38.9 Å². The highest BCUT2D eigenvalue weighted by atomic mass is 16.3. The number of aliphatic hydroxyl groups excluding tert-OH is 1. The van der Waals surface area contributed by atoms with Gasteiger partial charge in [0, 0.05) is 0 Å². The van der Waals surface area contributed by atoms with Gasteiger partial charge in [-0.3, -0.25) is 0 Å². The van der Waals surface area contributed by atoms with Crippen molar-refractivity contribution in [3.05, 3.63) is 34.9 Å². The molecule has 0 saturated carbocycles. The molecule has 124 valence electrons. The molecule has 2 heteroatoms. The Balaban J connectivity index is 2.14. The largest absolute Gasteiger partial charge is 0.388 e. The number of benzene rings is 1. The van der Waals surface area contributed by atoms with Crippen molar-refractivity contribution in [2.45, 2.75) is 65.4 Å². The molecule has 1 aromatic rings. The van der Waals surface area contributed by atoms with E-state index in [2.05, 4.69) is 50.8 Å². The molecule has 1 aliphatic rings. The summed E-state index contributed by atoms with van der Waals surface area (Å²) in [6.45, 7) is 12.2. The summed E-state index contributed by atoms with van der Waals surface area (Å²) in [4.78, 5) is 2.46. The van der Waals surface area contributed by atoms with Gasteiger partial charge in [-0.15, -0.1) is 0 Å². The van der Waals surface area contributed by atoms with E-state index >= 15 is 0 Å². The first-order valence-electron chi connectivity index (χ1n) is 9.09. The van der Waals surface area contributed by atoms with Crippen molar-refractivity contribution in [3.63, 3.8) is 0 Å². The Hall–Kier alpha value is -0.860. The van der Waals surface area contributed by atoms with Crippen molar-refractivity contribution in [1.29, 1.82) is 0 Å². The normalized spacial score (nSPS) is 22.0. The van der Waals surface area contributed by atoms with Crippen LogP contribution in [0.25, 0.3) is 0 Å². The van der Waals surface area contributed by atoms with Crippen molar-refractivity contribution in [3.8, 4) is 0 Å². The highest BCUT2D eigenvalue weighted by molar-refractivity contribution is 5.36. The van der Waals surface area contributed by atoms with Gasteiger partial charge >= 0.3 is 0 Å². The van der Waals surface area contributed by atoms with Gasteiger partial charge in [-0.05, 0) is 73.8 Å². The SMILES string of the molecule is CCN(CC)CCC1CCCc2ccc(C(C)C)cc2C1O. The van der Waals surface area contributed by atoms with Gasteiger partial charge in [0.05, 0.1) is 6.10 Å². The minimum atomic E-state index is -0.285. The Labute approximate surface area is 136 Å². The van der Waals surface area contributed by atoms with Gasteiger partial charge in [0.1, 0.15) is 0 Å². The van der Waals surface area contributed by atoms with Crippen LogP contribution >= 0.6 is 0 Å². The molecule has 0 bridgehead atoms. The summed E-state index contributed by atoms with van der Waals surface area (Å²) >= 11 is 0. The van der Waals surface area contributed by atoms with Crippen LogP contribution in [-0.4, -0.2) is 29.6 Å². The van der Waals surface area contributed by atoms with Crippen LogP contribution in [0.5, 0.6) is 0 Å². The first-order valence-corrected chi connectivity index (χ1v) is 9.09. The topological polar surface area (TPSA) is 23.5 Å². The lowest BCUT2D eigenvalue weighted by atomic mass is 9.88. The molecule has 1 aliphatic carbocycles. The van der Waals surface area contributed by atoms with Crippen molar-refractivity contribution in [2.75, 3.05) is 19.6 Å². The highest BCUT2D eigenvalue weighted by Crippen LogP contribution is 2.36. The number of aryl methyl sites for hydroxylation is 1. The van der Waals surface area contributed by atoms with Gasteiger partial charge in [0.25, 0.3) is 0 Å². The lowest BCUT2D eigenvalue weighted by Crippen LogP contribution is -2.27. The van der Waals surface area contributed by atoms with Crippen LogP contribution < -0.4 is 0 Å². The molecule has 2 atom stereocenters. The lowest BCUT2D eigenvalue weighted by molar-refractivity contribution is 0.0916. The van der Waals surface area contributed by atoms with Gasteiger partial charge in [0.15, 0.2) is 0 Å². The molecule has 0 fully saturated rings. The average molecular weight is 303 g/mol. The standard InChI is InChI=1S/C20H33NO/c1-5-21(6-2)13-12-17-9-7-8-16-10-11-18(15(3)4)14-19(16)20(17)22/h10-11,14-15,17,20,22H,5-9,12-13H2,1-4H3. The zero-order chi connectivity index (χ0) is 16.1. The molecule has 0 heterocycles. The Morgan fingerprint density at radius 2 is 1.95 bits per heavy atom. The maximum atomic E-state index is 10.9. The number of aliphatic hydroxyl groups is 1. The third-order valence-corrected chi connectivity index (χ3v) is 5.33. The Kier molecular flexibility index (Phi) is 6.46. The predicted octanol–water partition coefficient (Wildman–Crippen LogP) is 4.53. The van der Waals surface area contributed by atoms with Crippen LogP contribution in [0.2, 0.25) is 0 Å². The van der Waals surface area contributed by atoms with Crippen molar-refractivity contribution >= 4 is 0 Å². The molecule has 0 aliphatic heterocycles. The summed E-state index contributed by atoms with van der Waals surface area (Å²) in [6, 6.07) is 6.76. The van der Waals surface area contributed by atoms with Gasteiger partial charge < -0.3 is 10.0 Å². The van der Waals surface area contributed by atoms with E-state index in [9.17, 15) is 5.11 Å². The van der Waals surface area contributed by atoms with Gasteiger partial charge in [-0.1, -0.05) is 45.9 Å². The molecular weight excluding hydrogens is 270 g/mol. The van der Waals surface area contributed by atoms with Gasteiger partial charge in [0.2, 0.25) is 0 Å². The molecule has 2 rings (SSSR count). The smallest absolute Gasteiger partial charge is 0.0821 e. The Bertz CT molecular complexity index is 465. The molecule has 1 aromatic carbocycles. The fraction of sp³-hybridized carbons (Fsp3) is 0.700. The molecule has 22 heavy (non-hydrogen) atoms. The van der Waals surface area contributed by atoms with Crippen LogP contribution in [0, 0.1) is 5.92 Å². The third-order valence-electron chi connectivity index (χ3n) is 5.33. The summed E-state index contributed by atoms with van der Waals surface area (Å²) < 4.78 is 0. The minimum Gasteiger partial charge on any atom is -0.388 e. The zero-order valence-electron chi connectivity index (χ0n) is 14.8. The van der Waals surface area contributed by atoms with E-state index in [1.807, 2.05) is 0 Å². The molecule has 0 radical (unpaired) electrons. The Morgan fingerprint density at radius 1 is 1.23 bits per heavy atom. The minimum absolute atomic E-state index is 0.285. The van der Waals surface area contributed by atoms with Gasteiger partial charge in [-0.2, -0.15) is 0 Å². The molecule has 0 saturated heterocycles. The Morgan fingerprint density at radius 3 is 2.59 bits per heavy atom. The molecule has 1 N–H and O–H groups in total. The van der Waals surface area contributed by atoms with Crippen molar-refractivity contribution < 1.29 is 5.11 Å². The zero-order valence-corrected chi connectivity index (χ0v) is 14.8. The van der Waals surface area contributed by atoms with Crippen LogP contribution in [0.15, 0.2) is 18.2 Å². The second kappa shape index (κ2) is 8.12. The maximum Gasteiger partial charge on any atom is 0.0821 e. The predicted molar refractivity (Wildman–Crippen MR) is 94.3 cm³/mol. The summed E-state index contributed by atoms with van der Waals surface area (Å²) in [5.41, 5.74) is 3.91. The summed E-state index contributed by atoms with van der Waals surface area (Å²) in [7, 11) is 0. The van der Waals surface area contributed by atoms with Crippen LogP contribution in [0.1, 0.15) is 75.7 Å². The number of nitrogens with zero attached hydrogens (tertiary/aromatic N) is 1. The molecule has 2 unspecified atom stereocenters. The fourth-order valence-electron chi connectivity index (χ4n) is 3.63. The molecule has 0 spiro atoms. The van der Waals surface area contributed by atoms with E-state index in [-0.39, 0.29) is 6.10 Å². The second-order valence-corrected chi connectivity index (χ2v) is 7.03. The van der Waals surface area contributed by atoms with E-state index in [1.54, 1.807) is 0 Å². The molecule has 0 aromatic heterocycles. The average Bonchev–Trinajstić information content (AvgIpc) is 2.67. The molecule has 0 amide bonds.